The van der Waals surface area contributed by atoms with Crippen molar-refractivity contribution in [2.24, 2.45) is 0 Å². The van der Waals surface area contributed by atoms with Crippen molar-refractivity contribution < 1.29 is 4.74 Å². The molecule has 0 radical (unpaired) electrons. The summed E-state index contributed by atoms with van der Waals surface area (Å²) < 4.78 is 5.66. The molecule has 2 aliphatic heterocycles. The van der Waals surface area contributed by atoms with E-state index in [0.717, 1.165) is 26.0 Å². The van der Waals surface area contributed by atoms with E-state index >= 15 is 0 Å². The van der Waals surface area contributed by atoms with Crippen LogP contribution in [0, 0.1) is 0 Å². The number of benzene rings is 1. The Hall–Kier alpha value is -1.06. The van der Waals surface area contributed by atoms with Crippen LogP contribution in [-0.2, 0) is 11.2 Å². The zero-order chi connectivity index (χ0) is 12.6. The highest BCUT2D eigenvalue weighted by Crippen LogP contribution is 2.27. The number of anilines is 1. The molecule has 0 spiro atoms. The highest BCUT2D eigenvalue weighted by Gasteiger charge is 2.37. The molecule has 18 heavy (non-hydrogen) atoms. The Balaban J connectivity index is 1.57. The summed E-state index contributed by atoms with van der Waals surface area (Å²) in [4.78, 5) is 0. The molecule has 3 rings (SSSR count). The second-order valence-electron chi connectivity index (χ2n) is 5.76. The van der Waals surface area contributed by atoms with Gasteiger partial charge >= 0.3 is 0 Å². The monoisotopic (exact) mass is 246 g/mol. The fourth-order valence-corrected chi connectivity index (χ4v) is 2.92. The summed E-state index contributed by atoms with van der Waals surface area (Å²) in [5.74, 6) is 0. The number of rotatable bonds is 3. The van der Waals surface area contributed by atoms with Crippen LogP contribution < -0.4 is 10.6 Å². The molecule has 3 atom stereocenters. The first-order valence-corrected chi connectivity index (χ1v) is 6.88. The average Bonchev–Trinajstić information content (AvgIpc) is 2.92. The van der Waals surface area contributed by atoms with E-state index in [-0.39, 0.29) is 5.54 Å². The highest BCUT2D eigenvalue weighted by atomic mass is 16.5. The smallest absolute Gasteiger partial charge is 0.0726 e. The van der Waals surface area contributed by atoms with Crippen molar-refractivity contribution in [3.8, 4) is 0 Å². The molecular weight excluding hydrogens is 224 g/mol. The molecule has 0 aliphatic carbocycles. The second-order valence-corrected chi connectivity index (χ2v) is 5.76. The number of para-hydroxylation sites is 1. The van der Waals surface area contributed by atoms with Crippen molar-refractivity contribution in [1.29, 1.82) is 0 Å². The quantitative estimate of drug-likeness (QED) is 0.857. The largest absolute Gasteiger partial charge is 0.380 e. The lowest BCUT2D eigenvalue weighted by Gasteiger charge is -2.30. The van der Waals surface area contributed by atoms with Crippen LogP contribution in [0.5, 0.6) is 0 Å². The summed E-state index contributed by atoms with van der Waals surface area (Å²) in [6, 6.07) is 9.09. The first-order chi connectivity index (χ1) is 8.67. The third-order valence-corrected chi connectivity index (χ3v) is 4.48. The minimum absolute atomic E-state index is 0.135. The van der Waals surface area contributed by atoms with Crippen LogP contribution in [0.4, 0.5) is 5.69 Å². The molecule has 2 heterocycles. The molecule has 1 fully saturated rings. The first-order valence-electron chi connectivity index (χ1n) is 6.88. The SMILES string of the molecule is CC1OCCC1(C)NCC1Cc2ccccc2N1. The first kappa shape index (κ1) is 12.0. The van der Waals surface area contributed by atoms with E-state index in [1.54, 1.807) is 0 Å². The van der Waals surface area contributed by atoms with Gasteiger partial charge in [0.2, 0.25) is 0 Å². The van der Waals surface area contributed by atoms with Crippen LogP contribution in [0.3, 0.4) is 0 Å². The van der Waals surface area contributed by atoms with Gasteiger partial charge in [-0.15, -0.1) is 0 Å². The van der Waals surface area contributed by atoms with E-state index in [0.29, 0.717) is 12.1 Å². The van der Waals surface area contributed by atoms with Crippen molar-refractivity contribution in [3.63, 3.8) is 0 Å². The summed E-state index contributed by atoms with van der Waals surface area (Å²) in [6.07, 6.45) is 2.53. The second kappa shape index (κ2) is 4.56. The Morgan fingerprint density at radius 1 is 1.44 bits per heavy atom. The summed E-state index contributed by atoms with van der Waals surface area (Å²) in [6.45, 7) is 6.31. The molecule has 2 N–H and O–H groups in total. The molecule has 1 aromatic carbocycles. The van der Waals surface area contributed by atoms with Crippen LogP contribution in [0.1, 0.15) is 25.8 Å². The molecule has 0 saturated carbocycles. The minimum atomic E-state index is 0.135. The maximum Gasteiger partial charge on any atom is 0.0726 e. The third-order valence-electron chi connectivity index (χ3n) is 4.48. The topological polar surface area (TPSA) is 33.3 Å². The van der Waals surface area contributed by atoms with E-state index in [4.69, 9.17) is 4.74 Å². The fourth-order valence-electron chi connectivity index (χ4n) is 2.92. The van der Waals surface area contributed by atoms with E-state index < -0.39 is 0 Å². The Kier molecular flexibility index (Phi) is 3.04. The molecule has 0 bridgehead atoms. The molecule has 1 saturated heterocycles. The predicted octanol–water partition coefficient (Wildman–Crippen LogP) is 2.18. The highest BCUT2D eigenvalue weighted by molar-refractivity contribution is 5.56. The molecule has 2 aliphatic rings. The summed E-state index contributed by atoms with van der Waals surface area (Å²) in [5, 5.41) is 7.28. The number of hydrogen-bond donors (Lipinski definition) is 2. The predicted molar refractivity (Wildman–Crippen MR) is 74.0 cm³/mol. The molecule has 0 aromatic heterocycles. The molecule has 0 amide bonds. The number of nitrogens with one attached hydrogen (secondary N) is 2. The van der Waals surface area contributed by atoms with E-state index in [2.05, 4.69) is 48.7 Å². The van der Waals surface area contributed by atoms with Crippen LogP contribution in [0.15, 0.2) is 24.3 Å². The zero-order valence-electron chi connectivity index (χ0n) is 11.2. The number of hydrogen-bond acceptors (Lipinski definition) is 3. The van der Waals surface area contributed by atoms with E-state index in [9.17, 15) is 0 Å². The van der Waals surface area contributed by atoms with Gasteiger partial charge < -0.3 is 15.4 Å². The van der Waals surface area contributed by atoms with Crippen LogP contribution in [0.2, 0.25) is 0 Å². The van der Waals surface area contributed by atoms with Gasteiger partial charge in [-0.1, -0.05) is 18.2 Å². The van der Waals surface area contributed by atoms with Gasteiger partial charge in [0.25, 0.3) is 0 Å². The van der Waals surface area contributed by atoms with E-state index in [1.165, 1.54) is 11.3 Å². The lowest BCUT2D eigenvalue weighted by molar-refractivity contribution is 0.0885. The third kappa shape index (κ3) is 2.13. The van der Waals surface area contributed by atoms with Crippen molar-refractivity contribution in [3.05, 3.63) is 29.8 Å². The minimum Gasteiger partial charge on any atom is -0.380 e. The molecular formula is C15H22N2O. The van der Waals surface area contributed by atoms with Gasteiger partial charge in [-0.05, 0) is 38.3 Å². The standard InChI is InChI=1S/C15H22N2O/c1-11-15(2,7-8-18-11)16-10-13-9-12-5-3-4-6-14(12)17-13/h3-6,11,13,16-17H,7-10H2,1-2H3. The van der Waals surface area contributed by atoms with Crippen LogP contribution >= 0.6 is 0 Å². The van der Waals surface area contributed by atoms with Crippen LogP contribution in [0.25, 0.3) is 0 Å². The maximum atomic E-state index is 5.66. The Morgan fingerprint density at radius 3 is 3.00 bits per heavy atom. The van der Waals surface area contributed by atoms with Gasteiger partial charge in [0, 0.05) is 30.4 Å². The lowest BCUT2D eigenvalue weighted by atomic mass is 9.94. The molecule has 3 unspecified atom stereocenters. The summed E-state index contributed by atoms with van der Waals surface area (Å²) in [5.41, 5.74) is 2.87. The number of ether oxygens (including phenoxy) is 1. The Morgan fingerprint density at radius 2 is 2.28 bits per heavy atom. The molecule has 98 valence electrons. The van der Waals surface area contributed by atoms with Crippen molar-refractivity contribution >= 4 is 5.69 Å². The van der Waals surface area contributed by atoms with Crippen molar-refractivity contribution in [2.45, 2.75) is 44.4 Å². The number of fused-ring (bicyclic) bond motifs is 1. The van der Waals surface area contributed by atoms with Crippen molar-refractivity contribution in [2.75, 3.05) is 18.5 Å². The summed E-state index contributed by atoms with van der Waals surface area (Å²) in [7, 11) is 0. The summed E-state index contributed by atoms with van der Waals surface area (Å²) >= 11 is 0. The van der Waals surface area contributed by atoms with Gasteiger partial charge in [-0.3, -0.25) is 0 Å². The van der Waals surface area contributed by atoms with Crippen LogP contribution in [-0.4, -0.2) is 30.8 Å². The van der Waals surface area contributed by atoms with Gasteiger partial charge in [0.1, 0.15) is 0 Å². The fraction of sp³-hybridized carbons (Fsp3) is 0.600. The van der Waals surface area contributed by atoms with E-state index in [1.807, 2.05) is 0 Å². The van der Waals surface area contributed by atoms with Gasteiger partial charge in [0.15, 0.2) is 0 Å². The van der Waals surface area contributed by atoms with Crippen molar-refractivity contribution in [1.82, 2.24) is 5.32 Å². The average molecular weight is 246 g/mol. The molecule has 3 nitrogen and oxygen atoms in total. The zero-order valence-corrected chi connectivity index (χ0v) is 11.2. The maximum absolute atomic E-state index is 5.66. The lowest BCUT2D eigenvalue weighted by Crippen LogP contribution is -2.51. The van der Waals surface area contributed by atoms with Gasteiger partial charge in [0.05, 0.1) is 6.10 Å². The normalized spacial score (nSPS) is 34.3. The van der Waals surface area contributed by atoms with Gasteiger partial charge in [-0.2, -0.15) is 0 Å². The molecule has 3 heteroatoms. The Labute approximate surface area is 109 Å². The Bertz CT molecular complexity index is 409. The molecule has 1 aromatic rings. The van der Waals surface area contributed by atoms with Gasteiger partial charge in [-0.25, -0.2) is 0 Å².